The molecule has 0 radical (unpaired) electrons. The predicted octanol–water partition coefficient (Wildman–Crippen LogP) is 5.08. The number of benzene rings is 4. The van der Waals surface area contributed by atoms with Crippen molar-refractivity contribution in [3.63, 3.8) is 0 Å². The van der Waals surface area contributed by atoms with E-state index in [0.29, 0.717) is 28.2 Å². The first-order valence-electron chi connectivity index (χ1n) is 9.91. The number of hydrogen-bond acceptors (Lipinski definition) is 4. The van der Waals surface area contributed by atoms with Gasteiger partial charge in [0.25, 0.3) is 5.91 Å². The van der Waals surface area contributed by atoms with Crippen LogP contribution in [0, 0.1) is 0 Å². The van der Waals surface area contributed by atoms with Gasteiger partial charge in [-0.25, -0.2) is 0 Å². The third kappa shape index (κ3) is 4.03. The molecule has 0 aliphatic carbocycles. The van der Waals surface area contributed by atoms with E-state index in [1.54, 1.807) is 44.6 Å². The van der Waals surface area contributed by atoms with Crippen molar-refractivity contribution in [1.29, 1.82) is 0 Å². The molecule has 0 bridgehead atoms. The maximum absolute atomic E-state index is 13.1. The van der Waals surface area contributed by atoms with Crippen molar-refractivity contribution >= 4 is 16.7 Å². The van der Waals surface area contributed by atoms with Crippen molar-refractivity contribution in [2.24, 2.45) is 0 Å². The molecule has 156 valence electrons. The lowest BCUT2D eigenvalue weighted by molar-refractivity contribution is 0.0942. The Hall–Kier alpha value is -3.99. The molecule has 5 nitrogen and oxygen atoms in total. The number of rotatable bonds is 6. The number of carbonyl (C=O) groups excluding carboxylic acids is 1. The third-order valence-corrected chi connectivity index (χ3v) is 5.30. The Morgan fingerprint density at radius 3 is 2.35 bits per heavy atom. The average molecular weight is 413 g/mol. The molecule has 0 fully saturated rings. The molecule has 0 aromatic heterocycles. The number of fused-ring (bicyclic) bond motifs is 1. The molecule has 31 heavy (non-hydrogen) atoms. The lowest BCUT2D eigenvalue weighted by Crippen LogP contribution is -2.30. The lowest BCUT2D eigenvalue weighted by atomic mass is 9.91. The maximum atomic E-state index is 13.1. The van der Waals surface area contributed by atoms with Gasteiger partial charge in [0.1, 0.15) is 17.2 Å². The van der Waals surface area contributed by atoms with Crippen LogP contribution in [-0.4, -0.2) is 25.2 Å². The summed E-state index contributed by atoms with van der Waals surface area (Å²) in [6, 6.07) is 24.9. The Kier molecular flexibility index (Phi) is 5.76. The third-order valence-electron chi connectivity index (χ3n) is 5.30. The summed E-state index contributed by atoms with van der Waals surface area (Å²) in [6.45, 7) is 0. The zero-order valence-electron chi connectivity index (χ0n) is 17.3. The van der Waals surface area contributed by atoms with E-state index in [2.05, 4.69) is 5.32 Å². The molecular formula is C26H23NO4. The van der Waals surface area contributed by atoms with Gasteiger partial charge in [-0.15, -0.1) is 0 Å². The van der Waals surface area contributed by atoms with E-state index in [4.69, 9.17) is 9.47 Å². The number of carbonyl (C=O) groups is 1. The fourth-order valence-corrected chi connectivity index (χ4v) is 3.76. The van der Waals surface area contributed by atoms with E-state index in [1.807, 2.05) is 54.6 Å². The molecule has 5 heteroatoms. The Morgan fingerprint density at radius 1 is 0.871 bits per heavy atom. The van der Waals surface area contributed by atoms with Gasteiger partial charge in [0, 0.05) is 16.7 Å². The number of methoxy groups -OCH3 is 2. The molecule has 0 saturated carbocycles. The van der Waals surface area contributed by atoms with E-state index in [-0.39, 0.29) is 11.7 Å². The molecule has 4 rings (SSSR count). The SMILES string of the molecule is COc1ccc(OC)c(C(NC(=O)c2ccccc2)c2c(O)ccc3ccccc23)c1. The standard InChI is InChI=1S/C26H23NO4/c1-30-19-13-15-23(31-2)21(16-19)25(27-26(29)18-9-4-3-5-10-18)24-20-11-7-6-8-17(20)12-14-22(24)28/h3-16,25,28H,1-2H3,(H,27,29). The Balaban J connectivity index is 1.93. The van der Waals surface area contributed by atoms with Gasteiger partial charge in [0.15, 0.2) is 0 Å². The maximum Gasteiger partial charge on any atom is 0.252 e. The zero-order valence-corrected chi connectivity index (χ0v) is 17.3. The first-order chi connectivity index (χ1) is 15.1. The second-order valence-corrected chi connectivity index (χ2v) is 7.10. The van der Waals surface area contributed by atoms with Crippen LogP contribution in [0.2, 0.25) is 0 Å². The molecule has 1 unspecified atom stereocenters. The predicted molar refractivity (Wildman–Crippen MR) is 121 cm³/mol. The van der Waals surface area contributed by atoms with Gasteiger partial charge < -0.3 is 19.9 Å². The van der Waals surface area contributed by atoms with Crippen LogP contribution in [-0.2, 0) is 0 Å². The number of aromatic hydroxyl groups is 1. The van der Waals surface area contributed by atoms with E-state index < -0.39 is 6.04 Å². The molecule has 0 saturated heterocycles. The van der Waals surface area contributed by atoms with Crippen molar-refractivity contribution in [3.8, 4) is 17.2 Å². The van der Waals surface area contributed by atoms with Crippen LogP contribution >= 0.6 is 0 Å². The Bertz CT molecular complexity index is 1220. The van der Waals surface area contributed by atoms with Gasteiger partial charge in [-0.1, -0.05) is 48.5 Å². The van der Waals surface area contributed by atoms with Gasteiger partial charge in [0.2, 0.25) is 0 Å². The molecule has 1 amide bonds. The van der Waals surface area contributed by atoms with Gasteiger partial charge in [0.05, 0.1) is 20.3 Å². The smallest absolute Gasteiger partial charge is 0.252 e. The van der Waals surface area contributed by atoms with E-state index in [9.17, 15) is 9.90 Å². The number of nitrogens with one attached hydrogen (secondary N) is 1. The summed E-state index contributed by atoms with van der Waals surface area (Å²) in [5.74, 6) is 1.02. The first kappa shape index (κ1) is 20.3. The van der Waals surface area contributed by atoms with Crippen molar-refractivity contribution in [2.45, 2.75) is 6.04 Å². The average Bonchev–Trinajstić information content (AvgIpc) is 2.83. The number of phenolic OH excluding ortho intramolecular Hbond substituents is 1. The number of ether oxygens (including phenoxy) is 2. The minimum absolute atomic E-state index is 0.0851. The number of amides is 1. The quantitative estimate of drug-likeness (QED) is 0.462. The monoisotopic (exact) mass is 413 g/mol. The summed E-state index contributed by atoms with van der Waals surface area (Å²) in [5, 5.41) is 15.8. The fraction of sp³-hybridized carbons (Fsp3) is 0.115. The summed E-state index contributed by atoms with van der Waals surface area (Å²) >= 11 is 0. The van der Waals surface area contributed by atoms with E-state index in [1.165, 1.54) is 0 Å². The van der Waals surface area contributed by atoms with Crippen molar-refractivity contribution in [3.05, 3.63) is 102 Å². The molecule has 2 N–H and O–H groups in total. The topological polar surface area (TPSA) is 67.8 Å². The van der Waals surface area contributed by atoms with E-state index >= 15 is 0 Å². The zero-order chi connectivity index (χ0) is 21.8. The van der Waals surface area contributed by atoms with E-state index in [0.717, 1.165) is 10.8 Å². The van der Waals surface area contributed by atoms with Gasteiger partial charge in [-0.3, -0.25) is 4.79 Å². The molecule has 0 aliphatic heterocycles. The molecule has 1 atom stereocenters. The molecular weight excluding hydrogens is 390 g/mol. The summed E-state index contributed by atoms with van der Waals surface area (Å²) in [6.07, 6.45) is 0. The molecule has 4 aromatic rings. The minimum Gasteiger partial charge on any atom is -0.508 e. The highest BCUT2D eigenvalue weighted by Crippen LogP contribution is 2.40. The largest absolute Gasteiger partial charge is 0.508 e. The second-order valence-electron chi connectivity index (χ2n) is 7.10. The van der Waals surface area contributed by atoms with Gasteiger partial charge >= 0.3 is 0 Å². The fourth-order valence-electron chi connectivity index (χ4n) is 3.76. The van der Waals surface area contributed by atoms with Crippen molar-refractivity contribution in [2.75, 3.05) is 14.2 Å². The molecule has 0 heterocycles. The minimum atomic E-state index is -0.677. The summed E-state index contributed by atoms with van der Waals surface area (Å²) in [7, 11) is 3.16. The molecule has 0 aliphatic rings. The number of hydrogen-bond donors (Lipinski definition) is 2. The second kappa shape index (κ2) is 8.79. The summed E-state index contributed by atoms with van der Waals surface area (Å²) < 4.78 is 11.0. The van der Waals surface area contributed by atoms with Gasteiger partial charge in [-0.05, 0) is 47.2 Å². The van der Waals surface area contributed by atoms with Crippen LogP contribution in [0.4, 0.5) is 0 Å². The summed E-state index contributed by atoms with van der Waals surface area (Å²) in [4.78, 5) is 13.1. The Morgan fingerprint density at radius 2 is 1.61 bits per heavy atom. The summed E-state index contributed by atoms with van der Waals surface area (Å²) in [5.41, 5.74) is 1.79. The highest BCUT2D eigenvalue weighted by Gasteiger charge is 2.26. The van der Waals surface area contributed by atoms with Crippen molar-refractivity contribution < 1.29 is 19.4 Å². The lowest BCUT2D eigenvalue weighted by Gasteiger charge is -2.24. The highest BCUT2D eigenvalue weighted by molar-refractivity contribution is 5.96. The highest BCUT2D eigenvalue weighted by atomic mass is 16.5. The molecule has 4 aromatic carbocycles. The normalized spacial score (nSPS) is 11.7. The Labute approximate surface area is 180 Å². The van der Waals surface area contributed by atoms with Crippen LogP contribution in [0.3, 0.4) is 0 Å². The van der Waals surface area contributed by atoms with Crippen LogP contribution in [0.5, 0.6) is 17.2 Å². The van der Waals surface area contributed by atoms with Crippen LogP contribution in [0.15, 0.2) is 84.9 Å². The van der Waals surface area contributed by atoms with Crippen LogP contribution < -0.4 is 14.8 Å². The number of phenols is 1. The van der Waals surface area contributed by atoms with Crippen LogP contribution in [0.1, 0.15) is 27.5 Å². The van der Waals surface area contributed by atoms with Crippen LogP contribution in [0.25, 0.3) is 10.8 Å². The van der Waals surface area contributed by atoms with Gasteiger partial charge in [-0.2, -0.15) is 0 Å². The molecule has 0 spiro atoms. The van der Waals surface area contributed by atoms with Crippen molar-refractivity contribution in [1.82, 2.24) is 5.32 Å². The first-order valence-corrected chi connectivity index (χ1v) is 9.91.